The Morgan fingerprint density at radius 2 is 2.22 bits per heavy atom. The van der Waals surface area contributed by atoms with Crippen molar-refractivity contribution in [3.05, 3.63) is 52.0 Å². The third kappa shape index (κ3) is 3.55. The van der Waals surface area contributed by atoms with Gasteiger partial charge >= 0.3 is 0 Å². The molecule has 0 aliphatic carbocycles. The lowest BCUT2D eigenvalue weighted by atomic mass is 10.2. The fourth-order valence-electron chi connectivity index (χ4n) is 1.63. The lowest BCUT2D eigenvalue weighted by molar-refractivity contribution is 0.305. The minimum absolute atomic E-state index is 0.230. The maximum atomic E-state index is 13.2. The van der Waals surface area contributed by atoms with E-state index in [1.165, 1.54) is 12.1 Å². The highest BCUT2D eigenvalue weighted by molar-refractivity contribution is 7.09. The molecule has 0 aliphatic heterocycles. The van der Waals surface area contributed by atoms with Crippen molar-refractivity contribution in [2.75, 3.05) is 6.54 Å². The predicted molar refractivity (Wildman–Crippen MR) is 72.4 cm³/mol. The van der Waals surface area contributed by atoms with Crippen molar-refractivity contribution in [2.45, 2.75) is 20.1 Å². The summed E-state index contributed by atoms with van der Waals surface area (Å²) >= 11 is 1.65. The Bertz CT molecular complexity index is 485. The van der Waals surface area contributed by atoms with E-state index >= 15 is 0 Å². The number of hydrogen-bond donors (Lipinski definition) is 1. The van der Waals surface area contributed by atoms with Crippen LogP contribution in [0.2, 0.25) is 0 Å². The van der Waals surface area contributed by atoms with Gasteiger partial charge in [0.25, 0.3) is 0 Å². The first kappa shape index (κ1) is 13.1. The van der Waals surface area contributed by atoms with Gasteiger partial charge in [0.15, 0.2) is 0 Å². The van der Waals surface area contributed by atoms with E-state index in [0.29, 0.717) is 13.2 Å². The molecule has 96 valence electrons. The molecule has 0 aliphatic rings. The number of nitrogens with one attached hydrogen (secondary N) is 1. The molecule has 0 bridgehead atoms. The lowest BCUT2D eigenvalue weighted by Gasteiger charge is -2.11. The summed E-state index contributed by atoms with van der Waals surface area (Å²) in [4.78, 5) is 1.16. The van der Waals surface area contributed by atoms with Crippen LogP contribution in [0.1, 0.15) is 17.4 Å². The standard InChI is InChI=1S/C14H16FNOS/c1-2-16-9-11-8-12(15)5-6-14(11)17-10-13-4-3-7-18-13/h3-8,16H,2,9-10H2,1H3. The first-order valence-corrected chi connectivity index (χ1v) is 6.82. The number of thiophene rings is 1. The number of hydrogen-bond acceptors (Lipinski definition) is 3. The molecule has 1 heterocycles. The van der Waals surface area contributed by atoms with Gasteiger partial charge in [-0.2, -0.15) is 0 Å². The topological polar surface area (TPSA) is 21.3 Å². The molecule has 0 saturated heterocycles. The van der Waals surface area contributed by atoms with Crippen molar-refractivity contribution in [1.82, 2.24) is 5.32 Å². The minimum Gasteiger partial charge on any atom is -0.488 e. The smallest absolute Gasteiger partial charge is 0.124 e. The third-order valence-electron chi connectivity index (χ3n) is 2.54. The SMILES string of the molecule is CCNCc1cc(F)ccc1OCc1cccs1. The minimum atomic E-state index is -0.230. The second-order valence-electron chi connectivity index (χ2n) is 3.90. The highest BCUT2D eigenvalue weighted by atomic mass is 32.1. The van der Waals surface area contributed by atoms with Crippen LogP contribution in [0.3, 0.4) is 0 Å². The third-order valence-corrected chi connectivity index (χ3v) is 3.39. The molecule has 0 radical (unpaired) electrons. The predicted octanol–water partition coefficient (Wildman–Crippen LogP) is 3.58. The molecular weight excluding hydrogens is 249 g/mol. The summed E-state index contributed by atoms with van der Waals surface area (Å²) in [5, 5.41) is 5.20. The van der Waals surface area contributed by atoms with E-state index in [9.17, 15) is 4.39 Å². The van der Waals surface area contributed by atoms with E-state index in [1.807, 2.05) is 24.4 Å². The Hall–Kier alpha value is -1.39. The van der Waals surface area contributed by atoms with Gasteiger partial charge < -0.3 is 10.1 Å². The summed E-state index contributed by atoms with van der Waals surface area (Å²) in [5.74, 6) is 0.511. The normalized spacial score (nSPS) is 10.6. The summed E-state index contributed by atoms with van der Waals surface area (Å²) in [6.45, 7) is 4.02. The van der Waals surface area contributed by atoms with E-state index in [-0.39, 0.29) is 5.82 Å². The average molecular weight is 265 g/mol. The van der Waals surface area contributed by atoms with Crippen LogP contribution in [0.15, 0.2) is 35.7 Å². The van der Waals surface area contributed by atoms with Crippen molar-refractivity contribution < 1.29 is 9.13 Å². The van der Waals surface area contributed by atoms with Crippen LogP contribution in [0.5, 0.6) is 5.75 Å². The monoisotopic (exact) mass is 265 g/mol. The highest BCUT2D eigenvalue weighted by Gasteiger charge is 2.05. The van der Waals surface area contributed by atoms with Crippen LogP contribution < -0.4 is 10.1 Å². The van der Waals surface area contributed by atoms with Crippen molar-refractivity contribution in [3.8, 4) is 5.75 Å². The second kappa shape index (κ2) is 6.52. The molecule has 0 spiro atoms. The summed E-state index contributed by atoms with van der Waals surface area (Å²) < 4.78 is 18.9. The van der Waals surface area contributed by atoms with E-state index in [0.717, 1.165) is 22.7 Å². The summed E-state index contributed by atoms with van der Waals surface area (Å²) in [6, 6.07) is 8.66. The number of rotatable bonds is 6. The fourth-order valence-corrected chi connectivity index (χ4v) is 2.25. The van der Waals surface area contributed by atoms with Gasteiger partial charge in [-0.1, -0.05) is 13.0 Å². The zero-order chi connectivity index (χ0) is 12.8. The molecule has 1 aromatic carbocycles. The maximum Gasteiger partial charge on any atom is 0.124 e. The second-order valence-corrected chi connectivity index (χ2v) is 4.93. The molecule has 2 nitrogen and oxygen atoms in total. The first-order valence-electron chi connectivity index (χ1n) is 5.94. The van der Waals surface area contributed by atoms with Gasteiger partial charge in [-0.3, -0.25) is 0 Å². The van der Waals surface area contributed by atoms with Crippen molar-refractivity contribution in [3.63, 3.8) is 0 Å². The van der Waals surface area contributed by atoms with Crippen LogP contribution in [0, 0.1) is 5.82 Å². The van der Waals surface area contributed by atoms with Crippen LogP contribution in [0.25, 0.3) is 0 Å². The van der Waals surface area contributed by atoms with Gasteiger partial charge in [-0.15, -0.1) is 11.3 Å². The summed E-state index contributed by atoms with van der Waals surface area (Å²) in [6.07, 6.45) is 0. The zero-order valence-corrected chi connectivity index (χ0v) is 11.1. The molecule has 2 rings (SSSR count). The Morgan fingerprint density at radius 1 is 1.33 bits per heavy atom. The quantitative estimate of drug-likeness (QED) is 0.862. The van der Waals surface area contributed by atoms with Crippen LogP contribution in [-0.4, -0.2) is 6.54 Å². The van der Waals surface area contributed by atoms with Gasteiger partial charge in [0, 0.05) is 17.0 Å². The van der Waals surface area contributed by atoms with Gasteiger partial charge in [-0.05, 0) is 36.2 Å². The Labute approximate surface area is 110 Å². The number of halogens is 1. The fraction of sp³-hybridized carbons (Fsp3) is 0.286. The molecule has 2 aromatic rings. The largest absolute Gasteiger partial charge is 0.488 e. The molecule has 1 N–H and O–H groups in total. The molecule has 0 fully saturated rings. The molecule has 1 aromatic heterocycles. The average Bonchev–Trinajstić information content (AvgIpc) is 2.88. The van der Waals surface area contributed by atoms with Crippen LogP contribution in [-0.2, 0) is 13.2 Å². The summed E-state index contributed by atoms with van der Waals surface area (Å²) in [5.41, 5.74) is 0.855. The van der Waals surface area contributed by atoms with Crippen LogP contribution in [0.4, 0.5) is 4.39 Å². The van der Waals surface area contributed by atoms with Gasteiger partial charge in [-0.25, -0.2) is 4.39 Å². The van der Waals surface area contributed by atoms with Gasteiger partial charge in [0.1, 0.15) is 18.2 Å². The molecule has 0 amide bonds. The molecule has 0 saturated carbocycles. The van der Waals surface area contributed by atoms with Gasteiger partial charge in [0.05, 0.1) is 0 Å². The lowest BCUT2D eigenvalue weighted by Crippen LogP contribution is -2.13. The Morgan fingerprint density at radius 3 is 2.94 bits per heavy atom. The van der Waals surface area contributed by atoms with E-state index in [2.05, 4.69) is 5.32 Å². The number of ether oxygens (including phenoxy) is 1. The van der Waals surface area contributed by atoms with Gasteiger partial charge in [0.2, 0.25) is 0 Å². The molecule has 0 unspecified atom stereocenters. The number of benzene rings is 1. The van der Waals surface area contributed by atoms with Crippen molar-refractivity contribution >= 4 is 11.3 Å². The van der Waals surface area contributed by atoms with Crippen molar-refractivity contribution in [1.29, 1.82) is 0 Å². The summed E-state index contributed by atoms with van der Waals surface area (Å²) in [7, 11) is 0. The maximum absolute atomic E-state index is 13.2. The van der Waals surface area contributed by atoms with E-state index in [1.54, 1.807) is 17.4 Å². The van der Waals surface area contributed by atoms with E-state index in [4.69, 9.17) is 4.74 Å². The zero-order valence-electron chi connectivity index (χ0n) is 10.3. The van der Waals surface area contributed by atoms with Crippen LogP contribution >= 0.6 is 11.3 Å². The Balaban J connectivity index is 2.05. The highest BCUT2D eigenvalue weighted by Crippen LogP contribution is 2.21. The molecular formula is C14H16FNOS. The molecule has 18 heavy (non-hydrogen) atoms. The van der Waals surface area contributed by atoms with E-state index < -0.39 is 0 Å². The first-order chi connectivity index (χ1) is 8.79. The van der Waals surface area contributed by atoms with Crippen molar-refractivity contribution in [2.24, 2.45) is 0 Å². The molecule has 4 heteroatoms. The Kier molecular flexibility index (Phi) is 4.73. The molecule has 0 atom stereocenters.